The van der Waals surface area contributed by atoms with Gasteiger partial charge in [0.1, 0.15) is 21.9 Å². The molecule has 1 aliphatic rings. The molecule has 0 aliphatic carbocycles. The van der Waals surface area contributed by atoms with Gasteiger partial charge in [-0.3, -0.25) is 0 Å². The lowest BCUT2D eigenvalue weighted by atomic mass is 10.0. The van der Waals surface area contributed by atoms with Gasteiger partial charge in [0.15, 0.2) is 5.58 Å². The summed E-state index contributed by atoms with van der Waals surface area (Å²) >= 11 is 0. The molecule has 1 saturated heterocycles. The van der Waals surface area contributed by atoms with Crippen LogP contribution in [0.2, 0.25) is 0 Å². The van der Waals surface area contributed by atoms with Crippen LogP contribution in [0, 0.1) is 0 Å². The molecular formula is C18H24N2O4S. The molecule has 0 saturated carbocycles. The molecule has 0 N–H and O–H groups in total. The Hall–Kier alpha value is -1.89. The van der Waals surface area contributed by atoms with E-state index in [1.165, 1.54) is 0 Å². The maximum Gasteiger partial charge on any atom is 0.410 e. The van der Waals surface area contributed by atoms with Crippen LogP contribution >= 0.6 is 0 Å². The van der Waals surface area contributed by atoms with Crippen molar-refractivity contribution in [2.75, 3.05) is 12.3 Å². The highest BCUT2D eigenvalue weighted by atomic mass is 32.2. The topological polar surface area (TPSA) is 72.6 Å². The smallest absolute Gasteiger partial charge is 0.410 e. The molecule has 0 spiro atoms. The largest absolute Gasteiger partial charge is 0.444 e. The minimum Gasteiger partial charge on any atom is -0.444 e. The Morgan fingerprint density at radius 2 is 2.12 bits per heavy atom. The van der Waals surface area contributed by atoms with Crippen molar-refractivity contribution >= 4 is 28.0 Å². The summed E-state index contributed by atoms with van der Waals surface area (Å²) in [4.78, 5) is 18.5. The number of carbonyl (C=O) groups is 1. The van der Waals surface area contributed by atoms with Gasteiger partial charge < -0.3 is 14.1 Å². The van der Waals surface area contributed by atoms with Crippen LogP contribution in [0.15, 0.2) is 33.9 Å². The quantitative estimate of drug-likeness (QED) is 0.830. The summed E-state index contributed by atoms with van der Waals surface area (Å²) in [6, 6.07) is 7.22. The van der Waals surface area contributed by atoms with E-state index in [-0.39, 0.29) is 17.4 Å². The Morgan fingerprint density at radius 1 is 1.36 bits per heavy atom. The first-order valence-corrected chi connectivity index (χ1v) is 9.89. The number of fused-ring (bicyclic) bond motifs is 1. The van der Waals surface area contributed by atoms with Crippen LogP contribution in [-0.2, 0) is 15.5 Å². The SMILES string of the molecule is CC(C)(C)OC(=O)N1CCCC[C@H]1C[S@](=O)c1nc2ccccc2o1. The normalized spacial score (nSPS) is 19.8. The first-order chi connectivity index (χ1) is 11.8. The molecule has 1 aromatic heterocycles. The monoisotopic (exact) mass is 364 g/mol. The Kier molecular flexibility index (Phi) is 5.13. The van der Waals surface area contributed by atoms with Gasteiger partial charge in [0, 0.05) is 12.6 Å². The van der Waals surface area contributed by atoms with Crippen molar-refractivity contribution in [3.63, 3.8) is 0 Å². The lowest BCUT2D eigenvalue weighted by Crippen LogP contribution is -2.48. The molecule has 6 nitrogen and oxygen atoms in total. The Balaban J connectivity index is 1.72. The van der Waals surface area contributed by atoms with Gasteiger partial charge in [0.2, 0.25) is 0 Å². The summed E-state index contributed by atoms with van der Waals surface area (Å²) in [5.74, 6) is 0.312. The molecule has 1 fully saturated rings. The van der Waals surface area contributed by atoms with Crippen LogP contribution in [0.25, 0.3) is 11.1 Å². The van der Waals surface area contributed by atoms with Crippen molar-refractivity contribution < 1.29 is 18.2 Å². The number of benzene rings is 1. The highest BCUT2D eigenvalue weighted by molar-refractivity contribution is 7.84. The minimum atomic E-state index is -1.40. The van der Waals surface area contributed by atoms with Crippen LogP contribution in [0.1, 0.15) is 40.0 Å². The van der Waals surface area contributed by atoms with E-state index < -0.39 is 16.4 Å². The maximum atomic E-state index is 12.7. The molecule has 0 radical (unpaired) electrons. The van der Waals surface area contributed by atoms with Crippen molar-refractivity contribution in [2.24, 2.45) is 0 Å². The van der Waals surface area contributed by atoms with Gasteiger partial charge in [0.25, 0.3) is 5.22 Å². The van der Waals surface area contributed by atoms with Gasteiger partial charge in [-0.2, -0.15) is 0 Å². The van der Waals surface area contributed by atoms with Crippen LogP contribution < -0.4 is 0 Å². The first kappa shape index (κ1) is 17.9. The third-order valence-corrected chi connectivity index (χ3v) is 5.32. The van der Waals surface area contributed by atoms with Crippen LogP contribution in [-0.4, -0.2) is 44.1 Å². The van der Waals surface area contributed by atoms with E-state index in [0.29, 0.717) is 23.4 Å². The number of carbonyl (C=O) groups excluding carboxylic acids is 1. The van der Waals surface area contributed by atoms with Gasteiger partial charge in [-0.05, 0) is 52.2 Å². The summed E-state index contributed by atoms with van der Waals surface area (Å²) in [5.41, 5.74) is 0.774. The van der Waals surface area contributed by atoms with Gasteiger partial charge >= 0.3 is 6.09 Å². The Bertz CT molecular complexity index is 748. The van der Waals surface area contributed by atoms with Crippen molar-refractivity contribution in [1.29, 1.82) is 0 Å². The fourth-order valence-corrected chi connectivity index (χ4v) is 4.15. The number of hydrogen-bond donors (Lipinski definition) is 0. The Labute approximate surface area is 150 Å². The van der Waals surface area contributed by atoms with Gasteiger partial charge in [-0.1, -0.05) is 12.1 Å². The van der Waals surface area contributed by atoms with Crippen LogP contribution in [0.4, 0.5) is 4.79 Å². The van der Waals surface area contributed by atoms with E-state index in [0.717, 1.165) is 19.3 Å². The second kappa shape index (κ2) is 7.15. The van der Waals surface area contributed by atoms with Gasteiger partial charge in [-0.15, -0.1) is 0 Å². The second-order valence-corrected chi connectivity index (χ2v) is 8.66. The van der Waals surface area contributed by atoms with Crippen LogP contribution in [0.5, 0.6) is 0 Å². The number of para-hydroxylation sites is 2. The first-order valence-electron chi connectivity index (χ1n) is 8.57. The van der Waals surface area contributed by atoms with Crippen molar-refractivity contribution in [2.45, 2.75) is 56.9 Å². The third kappa shape index (κ3) is 4.39. The molecule has 1 amide bonds. The average Bonchev–Trinajstić information content (AvgIpc) is 2.98. The molecule has 1 aromatic carbocycles. The molecule has 25 heavy (non-hydrogen) atoms. The van der Waals surface area contributed by atoms with Gasteiger partial charge in [0.05, 0.1) is 5.75 Å². The summed E-state index contributed by atoms with van der Waals surface area (Å²) in [6.07, 6.45) is 2.41. The van der Waals surface area contributed by atoms with E-state index in [1.54, 1.807) is 11.0 Å². The molecule has 1 aliphatic heterocycles. The lowest BCUT2D eigenvalue weighted by Gasteiger charge is -2.36. The molecule has 2 heterocycles. The molecule has 3 rings (SSSR count). The highest BCUT2D eigenvalue weighted by Gasteiger charge is 2.32. The number of hydrogen-bond acceptors (Lipinski definition) is 5. The molecule has 2 atom stereocenters. The van der Waals surface area contributed by atoms with Gasteiger partial charge in [-0.25, -0.2) is 14.0 Å². The second-order valence-electron chi connectivity index (χ2n) is 7.28. The fourth-order valence-electron chi connectivity index (χ4n) is 2.93. The number of rotatable bonds is 3. The zero-order valence-corrected chi connectivity index (χ0v) is 15.7. The third-order valence-electron chi connectivity index (χ3n) is 4.07. The molecule has 2 aromatic rings. The fraction of sp³-hybridized carbons (Fsp3) is 0.556. The maximum absolute atomic E-state index is 12.7. The van der Waals surface area contributed by atoms with E-state index >= 15 is 0 Å². The summed E-state index contributed by atoms with van der Waals surface area (Å²) in [6.45, 7) is 6.17. The van der Waals surface area contributed by atoms with E-state index in [9.17, 15) is 9.00 Å². The van der Waals surface area contributed by atoms with Crippen molar-refractivity contribution in [3.05, 3.63) is 24.3 Å². The van der Waals surface area contributed by atoms with E-state index in [2.05, 4.69) is 4.98 Å². The number of likely N-dealkylation sites (tertiary alicyclic amines) is 1. The lowest BCUT2D eigenvalue weighted by molar-refractivity contribution is 0.0125. The Morgan fingerprint density at radius 3 is 2.84 bits per heavy atom. The highest BCUT2D eigenvalue weighted by Crippen LogP contribution is 2.24. The number of ether oxygens (including phenoxy) is 1. The van der Waals surface area contributed by atoms with E-state index in [1.807, 2.05) is 39.0 Å². The van der Waals surface area contributed by atoms with Crippen molar-refractivity contribution in [1.82, 2.24) is 9.88 Å². The minimum absolute atomic E-state index is 0.126. The van der Waals surface area contributed by atoms with Crippen LogP contribution in [0.3, 0.4) is 0 Å². The molecule has 136 valence electrons. The summed E-state index contributed by atoms with van der Waals surface area (Å²) in [7, 11) is -1.40. The summed E-state index contributed by atoms with van der Waals surface area (Å²) in [5, 5.41) is 0.218. The number of aromatic nitrogens is 1. The number of oxazole rings is 1. The number of nitrogens with zero attached hydrogens (tertiary/aromatic N) is 2. The zero-order chi connectivity index (χ0) is 18.0. The average molecular weight is 364 g/mol. The van der Waals surface area contributed by atoms with Crippen molar-refractivity contribution in [3.8, 4) is 0 Å². The predicted molar refractivity (Wildman–Crippen MR) is 95.9 cm³/mol. The number of amides is 1. The molecule has 0 unspecified atom stereocenters. The molecule has 0 bridgehead atoms. The predicted octanol–water partition coefficient (Wildman–Crippen LogP) is 3.73. The zero-order valence-electron chi connectivity index (χ0n) is 14.9. The summed E-state index contributed by atoms with van der Waals surface area (Å²) < 4.78 is 23.8. The number of piperidine rings is 1. The molecule has 7 heteroatoms. The van der Waals surface area contributed by atoms with E-state index in [4.69, 9.17) is 9.15 Å². The standard InChI is InChI=1S/C18H24N2O4S/c1-18(2,3)24-17(21)20-11-7-6-8-13(20)12-25(22)16-19-14-9-4-5-10-15(14)23-16/h4-5,9-10,13H,6-8,11-12H2,1-3H3/t13-,25-/m0/s1. The molecular weight excluding hydrogens is 340 g/mol.